The summed E-state index contributed by atoms with van der Waals surface area (Å²) in [7, 11) is 1.84. The van der Waals surface area contributed by atoms with Crippen molar-refractivity contribution in [2.45, 2.75) is 75.2 Å². The number of hydrogen-bond donors (Lipinski definition) is 1. The van der Waals surface area contributed by atoms with E-state index in [1.54, 1.807) is 18.5 Å². The minimum Gasteiger partial charge on any atom is -0.321 e. The summed E-state index contributed by atoms with van der Waals surface area (Å²) in [6.45, 7) is -0.173. The number of benzene rings is 2. The Labute approximate surface area is 244 Å². The molecule has 3 aromatic rings. The predicted molar refractivity (Wildman–Crippen MR) is 145 cm³/mol. The van der Waals surface area contributed by atoms with Gasteiger partial charge in [-0.15, -0.1) is 10.2 Å². The van der Waals surface area contributed by atoms with Crippen LogP contribution in [0, 0.1) is 22.7 Å². The molecule has 2 aromatic carbocycles. The van der Waals surface area contributed by atoms with Gasteiger partial charge in [0.05, 0.1) is 18.2 Å². The Kier molecular flexibility index (Phi) is 6.06. The smallest absolute Gasteiger partial charge is 0.321 e. The SMILES string of the molecule is Cn1cnnc1C[C@]1(c2cccc(N3Cc4c(cc(CNC5CC6(C5)CC6(F)F)cc4C(F)(F)F)C3=O)c2)C[C@H](C#N)C1. The van der Waals surface area contributed by atoms with E-state index in [0.29, 0.717) is 37.8 Å². The predicted octanol–water partition coefficient (Wildman–Crippen LogP) is 5.69. The molecule has 2 heterocycles. The van der Waals surface area contributed by atoms with Gasteiger partial charge in [0.1, 0.15) is 12.2 Å². The van der Waals surface area contributed by atoms with Crippen LogP contribution in [0.2, 0.25) is 0 Å². The van der Waals surface area contributed by atoms with Gasteiger partial charge in [-0.2, -0.15) is 18.4 Å². The van der Waals surface area contributed by atoms with E-state index in [4.69, 9.17) is 0 Å². The lowest BCUT2D eigenvalue weighted by atomic mass is 9.57. The van der Waals surface area contributed by atoms with E-state index >= 15 is 0 Å². The maximum Gasteiger partial charge on any atom is 0.416 e. The van der Waals surface area contributed by atoms with Crippen LogP contribution in [-0.2, 0) is 38.1 Å². The van der Waals surface area contributed by atoms with E-state index in [1.807, 2.05) is 23.7 Å². The minimum atomic E-state index is -4.67. The quantitative estimate of drug-likeness (QED) is 0.355. The molecule has 12 heteroatoms. The first kappa shape index (κ1) is 28.0. The number of fused-ring (bicyclic) bond motifs is 1. The monoisotopic (exact) mass is 596 g/mol. The Balaban J connectivity index is 1.14. The number of carbonyl (C=O) groups is 1. The van der Waals surface area contributed by atoms with Crippen LogP contribution in [0.4, 0.5) is 27.6 Å². The number of aryl methyl sites for hydroxylation is 1. The highest BCUT2D eigenvalue weighted by Crippen LogP contribution is 2.71. The zero-order chi connectivity index (χ0) is 30.4. The Morgan fingerprint density at radius 3 is 2.51 bits per heavy atom. The Morgan fingerprint density at radius 2 is 1.88 bits per heavy atom. The largest absolute Gasteiger partial charge is 0.416 e. The third kappa shape index (κ3) is 4.51. The molecule has 0 radical (unpaired) electrons. The van der Waals surface area contributed by atoms with Crippen molar-refractivity contribution in [1.82, 2.24) is 20.1 Å². The van der Waals surface area contributed by atoms with Crippen molar-refractivity contribution in [3.63, 3.8) is 0 Å². The van der Waals surface area contributed by atoms with E-state index in [2.05, 4.69) is 21.6 Å². The summed E-state index contributed by atoms with van der Waals surface area (Å²) in [6, 6.07) is 11.9. The van der Waals surface area contributed by atoms with Crippen LogP contribution in [-0.4, -0.2) is 32.6 Å². The number of anilines is 1. The van der Waals surface area contributed by atoms with Gasteiger partial charge in [-0.1, -0.05) is 12.1 Å². The Morgan fingerprint density at radius 1 is 1.14 bits per heavy atom. The van der Waals surface area contributed by atoms with Gasteiger partial charge in [-0.3, -0.25) is 4.79 Å². The lowest BCUT2D eigenvalue weighted by Crippen LogP contribution is -2.44. The first-order valence-corrected chi connectivity index (χ1v) is 14.3. The fourth-order valence-electron chi connectivity index (χ4n) is 7.38. The van der Waals surface area contributed by atoms with Crippen LogP contribution in [0.15, 0.2) is 42.7 Å². The van der Waals surface area contributed by atoms with Crippen LogP contribution >= 0.6 is 0 Å². The van der Waals surface area contributed by atoms with Crippen molar-refractivity contribution in [3.05, 3.63) is 76.4 Å². The number of alkyl halides is 5. The molecule has 7 rings (SSSR count). The minimum absolute atomic E-state index is 0.00202. The number of carbonyl (C=O) groups excluding carboxylic acids is 1. The normalized spacial score (nSPS) is 28.8. The van der Waals surface area contributed by atoms with Crippen LogP contribution in [0.3, 0.4) is 0 Å². The number of nitrogens with one attached hydrogen (secondary N) is 1. The fourth-order valence-corrected chi connectivity index (χ4v) is 7.38. The molecule has 0 atom stereocenters. The lowest BCUT2D eigenvalue weighted by molar-refractivity contribution is -0.138. The average Bonchev–Trinajstić information content (AvgIpc) is 3.15. The van der Waals surface area contributed by atoms with Gasteiger partial charge in [0.2, 0.25) is 0 Å². The number of halogens is 5. The highest BCUT2D eigenvalue weighted by atomic mass is 19.4. The molecule has 43 heavy (non-hydrogen) atoms. The molecule has 224 valence electrons. The second kappa shape index (κ2) is 9.32. The summed E-state index contributed by atoms with van der Waals surface area (Å²) < 4.78 is 71.6. The van der Waals surface area contributed by atoms with Gasteiger partial charge in [0.15, 0.2) is 0 Å². The van der Waals surface area contributed by atoms with Crippen molar-refractivity contribution in [2.75, 3.05) is 4.90 Å². The first-order chi connectivity index (χ1) is 20.3. The molecule has 4 aliphatic rings. The maximum atomic E-state index is 14.2. The van der Waals surface area contributed by atoms with Crippen LogP contribution < -0.4 is 10.2 Å². The zero-order valence-corrected chi connectivity index (χ0v) is 23.4. The molecular weight excluding hydrogens is 567 g/mol. The molecule has 1 N–H and O–H groups in total. The fraction of sp³-hybridized carbons (Fsp3) is 0.484. The van der Waals surface area contributed by atoms with E-state index in [9.17, 15) is 32.0 Å². The highest BCUT2D eigenvalue weighted by molar-refractivity contribution is 6.10. The van der Waals surface area contributed by atoms with Gasteiger partial charge < -0.3 is 14.8 Å². The second-order valence-corrected chi connectivity index (χ2v) is 12.8. The van der Waals surface area contributed by atoms with Crippen molar-refractivity contribution >= 4 is 11.6 Å². The number of nitrogens with zero attached hydrogens (tertiary/aromatic N) is 5. The Hall–Kier alpha value is -3.85. The third-order valence-corrected chi connectivity index (χ3v) is 10.0. The summed E-state index contributed by atoms with van der Waals surface area (Å²) >= 11 is 0. The van der Waals surface area contributed by atoms with E-state index in [-0.39, 0.29) is 48.2 Å². The Bertz CT molecular complexity index is 1660. The molecule has 3 aliphatic carbocycles. The molecule has 1 aromatic heterocycles. The van der Waals surface area contributed by atoms with Crippen molar-refractivity contribution in [2.24, 2.45) is 18.4 Å². The summed E-state index contributed by atoms with van der Waals surface area (Å²) in [5.41, 5.74) is -0.620. The molecule has 0 saturated heterocycles. The highest BCUT2D eigenvalue weighted by Gasteiger charge is 2.75. The molecule has 7 nitrogen and oxygen atoms in total. The van der Waals surface area contributed by atoms with Crippen molar-refractivity contribution < 1.29 is 26.7 Å². The topological polar surface area (TPSA) is 86.8 Å². The van der Waals surface area contributed by atoms with Crippen LogP contribution in [0.1, 0.15) is 70.5 Å². The first-order valence-electron chi connectivity index (χ1n) is 14.3. The molecule has 0 unspecified atom stereocenters. The number of rotatable bonds is 7. The van der Waals surface area contributed by atoms with E-state index < -0.39 is 34.4 Å². The number of amides is 1. The number of aromatic nitrogens is 3. The molecule has 3 fully saturated rings. The van der Waals surface area contributed by atoms with Crippen LogP contribution in [0.25, 0.3) is 0 Å². The second-order valence-electron chi connectivity index (χ2n) is 12.8. The average molecular weight is 597 g/mol. The maximum absolute atomic E-state index is 14.2. The van der Waals surface area contributed by atoms with Gasteiger partial charge in [-0.25, -0.2) is 8.78 Å². The van der Waals surface area contributed by atoms with Gasteiger partial charge in [0.25, 0.3) is 11.8 Å². The summed E-state index contributed by atoms with van der Waals surface area (Å²) in [5, 5.41) is 20.8. The number of nitriles is 1. The van der Waals surface area contributed by atoms with Gasteiger partial charge >= 0.3 is 6.18 Å². The summed E-state index contributed by atoms with van der Waals surface area (Å²) in [4.78, 5) is 15.0. The summed E-state index contributed by atoms with van der Waals surface area (Å²) in [6.07, 6.45) is -0.858. The van der Waals surface area contributed by atoms with Crippen molar-refractivity contribution in [3.8, 4) is 6.07 Å². The molecule has 0 bridgehead atoms. The lowest BCUT2D eigenvalue weighted by Gasteiger charge is -2.45. The van der Waals surface area contributed by atoms with Gasteiger partial charge in [0, 0.05) is 60.5 Å². The zero-order valence-electron chi connectivity index (χ0n) is 23.4. The molecule has 1 aliphatic heterocycles. The third-order valence-electron chi connectivity index (χ3n) is 10.0. The van der Waals surface area contributed by atoms with Crippen molar-refractivity contribution in [1.29, 1.82) is 5.26 Å². The molecule has 3 saturated carbocycles. The van der Waals surface area contributed by atoms with Gasteiger partial charge in [-0.05, 0) is 66.6 Å². The van der Waals surface area contributed by atoms with E-state index in [1.165, 1.54) is 11.0 Å². The van der Waals surface area contributed by atoms with Crippen LogP contribution in [0.5, 0.6) is 0 Å². The molecular formula is C31H29F5N6O. The van der Waals surface area contributed by atoms with E-state index in [0.717, 1.165) is 17.5 Å². The standard InChI is InChI=1S/C31H29F5N6O/c1-41-17-39-40-26(41)12-28(8-19(9-28)13-37)20-3-2-4-22(7-20)42-15-24-23(27(42)43)5-18(6-25(24)31(34,35)36)14-38-21-10-29(11-21)16-30(29,32)33/h2-7,17,19,21,38H,8-12,14-16H2,1H3/t19-,21?,28-,29?. The number of hydrogen-bond acceptors (Lipinski definition) is 5. The molecule has 1 amide bonds. The summed E-state index contributed by atoms with van der Waals surface area (Å²) in [5.74, 6) is -2.53. The molecule has 1 spiro atoms.